The van der Waals surface area contributed by atoms with Gasteiger partial charge in [0.05, 0.1) is 0 Å². The fraction of sp³-hybridized carbons (Fsp3) is 0.273. The van der Waals surface area contributed by atoms with Crippen molar-refractivity contribution in [2.24, 2.45) is 0 Å². The number of nitrogens with one attached hydrogen (secondary N) is 1. The lowest BCUT2D eigenvalue weighted by molar-refractivity contribution is 0.669. The number of nitrogens with zero attached hydrogens (tertiary/aromatic N) is 3. The molecule has 0 amide bonds. The highest BCUT2D eigenvalue weighted by molar-refractivity contribution is 6.31. The zero-order valence-corrected chi connectivity index (χ0v) is 16.7. The Morgan fingerprint density at radius 3 is 2.41 bits per heavy atom. The molecule has 0 atom stereocenters. The summed E-state index contributed by atoms with van der Waals surface area (Å²) in [6, 6.07) is 20.6. The number of aromatic nitrogens is 2. The van der Waals surface area contributed by atoms with Crippen molar-refractivity contribution in [1.29, 1.82) is 0 Å². The quantitative estimate of drug-likeness (QED) is 0.590. The molecule has 27 heavy (non-hydrogen) atoms. The van der Waals surface area contributed by atoms with Gasteiger partial charge in [0.1, 0.15) is 17.5 Å². The SMILES string of the molecule is Cc1nc(NCc2ccccc2Cl)cc(N(Cc2ccccc2)C(C)C)n1. The fourth-order valence-corrected chi connectivity index (χ4v) is 3.13. The topological polar surface area (TPSA) is 41.1 Å². The van der Waals surface area contributed by atoms with Crippen LogP contribution in [0.3, 0.4) is 0 Å². The Labute approximate surface area is 166 Å². The first-order valence-electron chi connectivity index (χ1n) is 9.16. The monoisotopic (exact) mass is 380 g/mol. The average Bonchev–Trinajstić information content (AvgIpc) is 2.65. The molecule has 3 aromatic rings. The number of halogens is 1. The molecule has 140 valence electrons. The van der Waals surface area contributed by atoms with E-state index in [0.717, 1.165) is 34.6 Å². The van der Waals surface area contributed by atoms with Gasteiger partial charge in [-0.05, 0) is 38.0 Å². The van der Waals surface area contributed by atoms with Gasteiger partial charge in [0.25, 0.3) is 0 Å². The molecule has 0 unspecified atom stereocenters. The molecule has 0 spiro atoms. The van der Waals surface area contributed by atoms with Crippen LogP contribution in [0, 0.1) is 6.92 Å². The van der Waals surface area contributed by atoms with Crippen LogP contribution < -0.4 is 10.2 Å². The van der Waals surface area contributed by atoms with Gasteiger partial charge in [0.2, 0.25) is 0 Å². The number of benzene rings is 2. The number of hydrogen-bond donors (Lipinski definition) is 1. The Bertz CT molecular complexity index is 880. The van der Waals surface area contributed by atoms with Crippen LogP contribution in [0.15, 0.2) is 60.7 Å². The smallest absolute Gasteiger partial charge is 0.134 e. The second-order valence-corrected chi connectivity index (χ2v) is 7.22. The highest BCUT2D eigenvalue weighted by Crippen LogP contribution is 2.22. The van der Waals surface area contributed by atoms with Gasteiger partial charge in [-0.1, -0.05) is 60.1 Å². The molecule has 1 heterocycles. The third-order valence-electron chi connectivity index (χ3n) is 4.36. The van der Waals surface area contributed by atoms with Gasteiger partial charge in [-0.3, -0.25) is 0 Å². The maximum atomic E-state index is 6.25. The summed E-state index contributed by atoms with van der Waals surface area (Å²) in [4.78, 5) is 11.5. The van der Waals surface area contributed by atoms with Gasteiger partial charge in [0.15, 0.2) is 0 Å². The highest BCUT2D eigenvalue weighted by atomic mass is 35.5. The summed E-state index contributed by atoms with van der Waals surface area (Å²) in [5, 5.41) is 4.13. The van der Waals surface area contributed by atoms with Crippen molar-refractivity contribution >= 4 is 23.2 Å². The lowest BCUT2D eigenvalue weighted by atomic mass is 10.2. The molecule has 2 aromatic carbocycles. The number of anilines is 2. The van der Waals surface area contributed by atoms with Crippen LogP contribution >= 0.6 is 11.6 Å². The largest absolute Gasteiger partial charge is 0.366 e. The summed E-state index contributed by atoms with van der Waals surface area (Å²) >= 11 is 6.25. The molecule has 3 rings (SSSR count). The maximum absolute atomic E-state index is 6.25. The first-order valence-corrected chi connectivity index (χ1v) is 9.54. The van der Waals surface area contributed by atoms with Crippen molar-refractivity contribution < 1.29 is 0 Å². The zero-order valence-electron chi connectivity index (χ0n) is 16.0. The molecule has 0 fully saturated rings. The predicted octanol–water partition coefficient (Wildman–Crippen LogP) is 5.47. The van der Waals surface area contributed by atoms with Gasteiger partial charge in [0, 0.05) is 30.2 Å². The van der Waals surface area contributed by atoms with E-state index >= 15 is 0 Å². The highest BCUT2D eigenvalue weighted by Gasteiger charge is 2.15. The first kappa shape index (κ1) is 19.2. The van der Waals surface area contributed by atoms with E-state index in [0.29, 0.717) is 12.6 Å². The van der Waals surface area contributed by atoms with Crippen LogP contribution in [0.25, 0.3) is 0 Å². The van der Waals surface area contributed by atoms with Crippen molar-refractivity contribution in [1.82, 2.24) is 9.97 Å². The van der Waals surface area contributed by atoms with Gasteiger partial charge in [-0.25, -0.2) is 9.97 Å². The van der Waals surface area contributed by atoms with E-state index < -0.39 is 0 Å². The lowest BCUT2D eigenvalue weighted by Gasteiger charge is -2.28. The summed E-state index contributed by atoms with van der Waals surface area (Å²) < 4.78 is 0. The Morgan fingerprint density at radius 1 is 1.00 bits per heavy atom. The van der Waals surface area contributed by atoms with E-state index in [1.54, 1.807) is 0 Å². The Hall–Kier alpha value is -2.59. The molecular formula is C22H25ClN4. The van der Waals surface area contributed by atoms with Crippen molar-refractivity contribution in [2.45, 2.75) is 39.9 Å². The van der Waals surface area contributed by atoms with Crippen molar-refractivity contribution in [3.8, 4) is 0 Å². The van der Waals surface area contributed by atoms with Crippen LogP contribution in [0.4, 0.5) is 11.6 Å². The minimum Gasteiger partial charge on any atom is -0.366 e. The van der Waals surface area contributed by atoms with Gasteiger partial charge < -0.3 is 10.2 Å². The molecule has 4 nitrogen and oxygen atoms in total. The van der Waals surface area contributed by atoms with Crippen LogP contribution in [0.5, 0.6) is 0 Å². The normalized spacial score (nSPS) is 10.9. The molecule has 0 aliphatic heterocycles. The minimum absolute atomic E-state index is 0.316. The zero-order chi connectivity index (χ0) is 19.2. The van der Waals surface area contributed by atoms with Crippen molar-refractivity contribution in [3.63, 3.8) is 0 Å². The molecule has 5 heteroatoms. The third-order valence-corrected chi connectivity index (χ3v) is 4.72. The van der Waals surface area contributed by atoms with Crippen LogP contribution in [0.1, 0.15) is 30.8 Å². The van der Waals surface area contributed by atoms with Crippen LogP contribution in [-0.2, 0) is 13.1 Å². The molecular weight excluding hydrogens is 356 g/mol. The molecule has 0 radical (unpaired) electrons. The molecule has 1 aromatic heterocycles. The number of aryl methyl sites for hydroxylation is 1. The number of rotatable bonds is 7. The van der Waals surface area contributed by atoms with Crippen molar-refractivity contribution in [2.75, 3.05) is 10.2 Å². The second-order valence-electron chi connectivity index (χ2n) is 6.81. The van der Waals surface area contributed by atoms with E-state index in [4.69, 9.17) is 11.6 Å². The molecule has 0 aliphatic carbocycles. The predicted molar refractivity (Wildman–Crippen MR) is 113 cm³/mol. The van der Waals surface area contributed by atoms with Crippen LogP contribution in [-0.4, -0.2) is 16.0 Å². The van der Waals surface area contributed by atoms with E-state index in [-0.39, 0.29) is 0 Å². The minimum atomic E-state index is 0.316. The van der Waals surface area contributed by atoms with E-state index in [9.17, 15) is 0 Å². The standard InChI is InChI=1S/C22H25ClN4/c1-16(2)27(15-18-9-5-4-6-10-18)22-13-21(25-17(3)26-22)24-14-19-11-7-8-12-20(19)23/h4-13,16H,14-15H2,1-3H3,(H,24,25,26). The fourth-order valence-electron chi connectivity index (χ4n) is 2.93. The van der Waals surface area contributed by atoms with Crippen LogP contribution in [0.2, 0.25) is 5.02 Å². The van der Waals surface area contributed by atoms with Gasteiger partial charge in [-0.2, -0.15) is 0 Å². The molecule has 0 saturated carbocycles. The van der Waals surface area contributed by atoms with E-state index in [1.165, 1.54) is 5.56 Å². The van der Waals surface area contributed by atoms with Crippen molar-refractivity contribution in [3.05, 3.63) is 82.6 Å². The lowest BCUT2D eigenvalue weighted by Crippen LogP contribution is -2.31. The van der Waals surface area contributed by atoms with E-state index in [1.807, 2.05) is 43.3 Å². The number of hydrogen-bond acceptors (Lipinski definition) is 4. The summed E-state index contributed by atoms with van der Waals surface area (Å²) in [6.07, 6.45) is 0. The molecule has 0 saturated heterocycles. The second kappa shape index (κ2) is 8.87. The summed E-state index contributed by atoms with van der Waals surface area (Å²) in [5.41, 5.74) is 2.30. The average molecular weight is 381 g/mol. The van der Waals surface area contributed by atoms with Gasteiger partial charge in [-0.15, -0.1) is 0 Å². The Morgan fingerprint density at radius 2 is 1.70 bits per heavy atom. The molecule has 0 bridgehead atoms. The third kappa shape index (κ3) is 5.20. The Kier molecular flexibility index (Phi) is 6.30. The summed E-state index contributed by atoms with van der Waals surface area (Å²) in [7, 11) is 0. The summed E-state index contributed by atoms with van der Waals surface area (Å²) in [5.74, 6) is 2.46. The summed E-state index contributed by atoms with van der Waals surface area (Å²) in [6.45, 7) is 7.70. The van der Waals surface area contributed by atoms with Gasteiger partial charge >= 0.3 is 0 Å². The first-order chi connectivity index (χ1) is 13.0. The van der Waals surface area contributed by atoms with E-state index in [2.05, 4.69) is 58.3 Å². The molecule has 1 N–H and O–H groups in total. The maximum Gasteiger partial charge on any atom is 0.134 e. The molecule has 0 aliphatic rings. The Balaban J connectivity index is 1.81.